The number of hydrogen-bond donors (Lipinski definition) is 2. The van der Waals surface area contributed by atoms with Gasteiger partial charge >= 0.3 is 5.97 Å². The number of aromatic nitrogens is 3. The van der Waals surface area contributed by atoms with Crippen molar-refractivity contribution in [2.24, 2.45) is 11.7 Å². The summed E-state index contributed by atoms with van der Waals surface area (Å²) in [4.78, 5) is 26.3. The van der Waals surface area contributed by atoms with Crippen molar-refractivity contribution in [3.63, 3.8) is 0 Å². The molecule has 6 rings (SSSR count). The number of hydrogen-bond acceptors (Lipinski definition) is 8. The Kier molecular flexibility index (Phi) is 4.84. The van der Waals surface area contributed by atoms with Crippen LogP contribution in [-0.4, -0.2) is 32.6 Å². The molecule has 8 heteroatoms. The Labute approximate surface area is 204 Å². The van der Waals surface area contributed by atoms with Crippen LogP contribution in [0.25, 0.3) is 10.8 Å². The number of cyclic esters (lactones) is 1. The minimum absolute atomic E-state index is 0.00618. The number of ether oxygens (including phenoxy) is 2. The largest absolute Gasteiger partial charge is 0.471 e. The SMILES string of the molecule is C[C@@H]1OC(=O)c2ccc(Nc3cc4c(C(C)(N)C5CC5)cnc(OC5(C)CC5)c4cn3)nc2[C@H]1C. The third-order valence-corrected chi connectivity index (χ3v) is 7.87. The Hall–Kier alpha value is -3.26. The molecule has 0 spiro atoms. The highest BCUT2D eigenvalue weighted by atomic mass is 16.5. The predicted molar refractivity (Wildman–Crippen MR) is 133 cm³/mol. The molecule has 3 N–H and O–H groups in total. The van der Waals surface area contributed by atoms with Gasteiger partial charge in [-0.1, -0.05) is 6.92 Å². The fourth-order valence-corrected chi connectivity index (χ4v) is 4.86. The molecule has 1 aliphatic heterocycles. The van der Waals surface area contributed by atoms with Crippen LogP contribution in [0.1, 0.15) is 80.9 Å². The van der Waals surface area contributed by atoms with Crippen LogP contribution in [0.2, 0.25) is 0 Å². The third-order valence-electron chi connectivity index (χ3n) is 7.87. The van der Waals surface area contributed by atoms with Gasteiger partial charge in [-0.15, -0.1) is 0 Å². The van der Waals surface area contributed by atoms with Gasteiger partial charge in [-0.3, -0.25) is 0 Å². The summed E-state index contributed by atoms with van der Waals surface area (Å²) in [6.45, 7) is 8.10. The number of fused-ring (bicyclic) bond motifs is 2. The van der Waals surface area contributed by atoms with Gasteiger partial charge in [0.1, 0.15) is 23.3 Å². The van der Waals surface area contributed by atoms with E-state index in [-0.39, 0.29) is 23.6 Å². The maximum atomic E-state index is 12.3. The molecular weight excluding hydrogens is 442 g/mol. The molecule has 0 amide bonds. The van der Waals surface area contributed by atoms with E-state index in [2.05, 4.69) is 29.1 Å². The van der Waals surface area contributed by atoms with Crippen molar-refractivity contribution in [1.29, 1.82) is 0 Å². The zero-order valence-electron chi connectivity index (χ0n) is 20.6. The van der Waals surface area contributed by atoms with Gasteiger partial charge in [-0.05, 0) is 81.5 Å². The van der Waals surface area contributed by atoms with E-state index < -0.39 is 5.54 Å². The molecule has 3 aromatic heterocycles. The van der Waals surface area contributed by atoms with Crippen LogP contribution in [0.4, 0.5) is 11.6 Å². The number of esters is 1. The summed E-state index contributed by atoms with van der Waals surface area (Å²) in [5.74, 6) is 1.99. The number of nitrogens with one attached hydrogen (secondary N) is 1. The predicted octanol–water partition coefficient (Wildman–Crippen LogP) is 4.95. The van der Waals surface area contributed by atoms with E-state index in [1.54, 1.807) is 18.3 Å². The molecule has 1 unspecified atom stereocenters. The van der Waals surface area contributed by atoms with Crippen LogP contribution in [0, 0.1) is 5.92 Å². The summed E-state index contributed by atoms with van der Waals surface area (Å²) in [5, 5.41) is 5.17. The molecule has 35 heavy (non-hydrogen) atoms. The van der Waals surface area contributed by atoms with Gasteiger partial charge in [0.25, 0.3) is 0 Å². The highest BCUT2D eigenvalue weighted by Gasteiger charge is 2.43. The molecule has 0 saturated heterocycles. The van der Waals surface area contributed by atoms with E-state index in [1.807, 2.05) is 26.1 Å². The fraction of sp³-hybridized carbons (Fsp3) is 0.481. The minimum atomic E-state index is -0.484. The van der Waals surface area contributed by atoms with E-state index in [4.69, 9.17) is 20.2 Å². The summed E-state index contributed by atoms with van der Waals surface area (Å²) in [6, 6.07) is 5.54. The molecule has 2 saturated carbocycles. The smallest absolute Gasteiger partial charge is 0.340 e. The van der Waals surface area contributed by atoms with Crippen molar-refractivity contribution in [3.05, 3.63) is 47.4 Å². The number of nitrogens with zero attached hydrogens (tertiary/aromatic N) is 3. The molecule has 0 radical (unpaired) electrons. The zero-order chi connectivity index (χ0) is 24.5. The first-order valence-corrected chi connectivity index (χ1v) is 12.4. The molecule has 0 aromatic carbocycles. The number of pyridine rings is 3. The van der Waals surface area contributed by atoms with Crippen LogP contribution in [0.15, 0.2) is 30.6 Å². The van der Waals surface area contributed by atoms with Gasteiger partial charge < -0.3 is 20.5 Å². The van der Waals surface area contributed by atoms with Crippen LogP contribution < -0.4 is 15.8 Å². The summed E-state index contributed by atoms with van der Waals surface area (Å²) >= 11 is 0. The van der Waals surface area contributed by atoms with Crippen LogP contribution in [0.5, 0.6) is 5.88 Å². The van der Waals surface area contributed by atoms with Crippen molar-refractivity contribution < 1.29 is 14.3 Å². The second-order valence-corrected chi connectivity index (χ2v) is 10.9. The normalized spacial score (nSPS) is 24.3. The van der Waals surface area contributed by atoms with Gasteiger partial charge in [-0.25, -0.2) is 19.7 Å². The fourth-order valence-electron chi connectivity index (χ4n) is 4.86. The second-order valence-electron chi connectivity index (χ2n) is 10.9. The van der Waals surface area contributed by atoms with E-state index in [9.17, 15) is 4.79 Å². The Morgan fingerprint density at radius 1 is 1.14 bits per heavy atom. The molecule has 8 nitrogen and oxygen atoms in total. The minimum Gasteiger partial charge on any atom is -0.471 e. The van der Waals surface area contributed by atoms with E-state index in [0.717, 1.165) is 47.7 Å². The lowest BCUT2D eigenvalue weighted by Gasteiger charge is -2.28. The van der Waals surface area contributed by atoms with Crippen molar-refractivity contribution in [2.75, 3.05) is 5.32 Å². The van der Waals surface area contributed by atoms with Crippen LogP contribution in [-0.2, 0) is 10.3 Å². The van der Waals surface area contributed by atoms with Crippen molar-refractivity contribution in [2.45, 2.75) is 76.5 Å². The summed E-state index contributed by atoms with van der Waals surface area (Å²) in [5.41, 5.74) is 8.46. The summed E-state index contributed by atoms with van der Waals surface area (Å²) in [7, 11) is 0. The van der Waals surface area contributed by atoms with Gasteiger partial charge in [0.2, 0.25) is 5.88 Å². The maximum absolute atomic E-state index is 12.3. The monoisotopic (exact) mass is 473 g/mol. The number of anilines is 2. The van der Waals surface area contributed by atoms with Gasteiger partial charge in [0.05, 0.1) is 16.6 Å². The van der Waals surface area contributed by atoms with Crippen LogP contribution >= 0.6 is 0 Å². The highest BCUT2D eigenvalue weighted by molar-refractivity contribution is 5.93. The second kappa shape index (κ2) is 7.62. The quantitative estimate of drug-likeness (QED) is 0.484. The van der Waals surface area contributed by atoms with Gasteiger partial charge in [0.15, 0.2) is 0 Å². The molecule has 3 aromatic rings. The lowest BCUT2D eigenvalue weighted by atomic mass is 9.86. The molecule has 2 fully saturated rings. The number of nitrogens with two attached hydrogens (primary N) is 1. The average Bonchev–Trinajstić information content (AvgIpc) is 3.74. The lowest BCUT2D eigenvalue weighted by molar-refractivity contribution is 0.0235. The van der Waals surface area contributed by atoms with Crippen LogP contribution in [0.3, 0.4) is 0 Å². The highest BCUT2D eigenvalue weighted by Crippen LogP contribution is 2.47. The van der Waals surface area contributed by atoms with E-state index >= 15 is 0 Å². The molecular formula is C27H31N5O3. The van der Waals surface area contributed by atoms with Gasteiger partial charge in [0, 0.05) is 23.9 Å². The Balaban J connectivity index is 1.40. The van der Waals surface area contributed by atoms with Crippen molar-refractivity contribution in [3.8, 4) is 5.88 Å². The number of rotatable bonds is 6. The summed E-state index contributed by atoms with van der Waals surface area (Å²) in [6.07, 6.45) is 7.75. The summed E-state index contributed by atoms with van der Waals surface area (Å²) < 4.78 is 11.7. The van der Waals surface area contributed by atoms with E-state index in [1.165, 1.54) is 0 Å². The third kappa shape index (κ3) is 3.89. The zero-order valence-corrected chi connectivity index (χ0v) is 20.6. The molecule has 3 atom stereocenters. The van der Waals surface area contributed by atoms with Crippen molar-refractivity contribution >= 4 is 28.4 Å². The standard InChI is InChI=1S/C27H31N5O3/c1-14-15(2)34-25(33)17-7-8-21(32-23(14)17)31-22-11-18-19(12-29-22)24(35-26(3)9-10-26)30-13-20(18)27(4,28)16-5-6-16/h7-8,11-16H,5-6,9-10,28H2,1-4H3,(H,29,31,32)/t14-,15-,27?/m0/s1. The first-order chi connectivity index (χ1) is 16.6. The first kappa shape index (κ1) is 22.2. The lowest BCUT2D eigenvalue weighted by Crippen LogP contribution is -2.35. The topological polar surface area (TPSA) is 112 Å². The Morgan fingerprint density at radius 2 is 1.91 bits per heavy atom. The van der Waals surface area contributed by atoms with Gasteiger partial charge in [-0.2, -0.15) is 0 Å². The number of carbonyl (C=O) groups is 1. The molecule has 0 bridgehead atoms. The maximum Gasteiger partial charge on any atom is 0.340 e. The first-order valence-electron chi connectivity index (χ1n) is 12.4. The van der Waals surface area contributed by atoms with E-state index in [0.29, 0.717) is 29.0 Å². The Bertz CT molecular complexity index is 1350. The number of carbonyl (C=O) groups excluding carboxylic acids is 1. The average molecular weight is 474 g/mol. The Morgan fingerprint density at radius 3 is 2.63 bits per heavy atom. The molecule has 3 aliphatic rings. The molecule has 4 heterocycles. The molecule has 2 aliphatic carbocycles. The van der Waals surface area contributed by atoms with Crippen molar-refractivity contribution in [1.82, 2.24) is 15.0 Å². The molecule has 182 valence electrons.